The third-order valence-corrected chi connectivity index (χ3v) is 2.50. The molecule has 0 amide bonds. The van der Waals surface area contributed by atoms with Crippen LogP contribution in [0.15, 0.2) is 30.9 Å². The van der Waals surface area contributed by atoms with Gasteiger partial charge in [-0.2, -0.15) is 5.10 Å². The fourth-order valence-corrected chi connectivity index (χ4v) is 1.52. The quantitative estimate of drug-likeness (QED) is 0.768. The van der Waals surface area contributed by atoms with Crippen LogP contribution >= 0.6 is 0 Å². The Balaban J connectivity index is 2.14. The molecule has 0 aliphatic rings. The zero-order valence-electron chi connectivity index (χ0n) is 9.94. The van der Waals surface area contributed by atoms with Crippen molar-refractivity contribution in [1.29, 1.82) is 0 Å². The van der Waals surface area contributed by atoms with Crippen molar-refractivity contribution < 1.29 is 0 Å². The molecule has 3 heteroatoms. The summed E-state index contributed by atoms with van der Waals surface area (Å²) in [5, 5.41) is 4.07. The van der Waals surface area contributed by atoms with Gasteiger partial charge in [0.1, 0.15) is 12.7 Å². The summed E-state index contributed by atoms with van der Waals surface area (Å²) in [5.41, 5.74) is 2.58. The Hall–Kier alpha value is -1.64. The summed E-state index contributed by atoms with van der Waals surface area (Å²) in [6.45, 7) is 7.32. The lowest BCUT2D eigenvalue weighted by Crippen LogP contribution is -2.11. The van der Waals surface area contributed by atoms with E-state index in [1.54, 1.807) is 17.3 Å². The first kappa shape index (κ1) is 10.9. The van der Waals surface area contributed by atoms with Crippen LogP contribution in [0.2, 0.25) is 0 Å². The van der Waals surface area contributed by atoms with Crippen molar-refractivity contribution in [2.75, 3.05) is 0 Å². The fourth-order valence-electron chi connectivity index (χ4n) is 1.52. The number of rotatable bonds is 2. The molecule has 0 saturated carbocycles. The third-order valence-electron chi connectivity index (χ3n) is 2.50. The molecule has 1 aromatic heterocycles. The third kappa shape index (κ3) is 2.48. The zero-order chi connectivity index (χ0) is 11.6. The Kier molecular flexibility index (Phi) is 2.77. The van der Waals surface area contributed by atoms with Crippen molar-refractivity contribution in [3.63, 3.8) is 0 Å². The first-order valence-electron chi connectivity index (χ1n) is 5.39. The fraction of sp³-hybridized carbons (Fsp3) is 0.385. The Morgan fingerprint density at radius 3 is 2.62 bits per heavy atom. The van der Waals surface area contributed by atoms with Gasteiger partial charge in [-0.3, -0.25) is 0 Å². The Morgan fingerprint density at radius 1 is 1.31 bits per heavy atom. The molecule has 0 fully saturated rings. The second kappa shape index (κ2) is 4.08. The van der Waals surface area contributed by atoms with Crippen molar-refractivity contribution in [2.24, 2.45) is 0 Å². The molecule has 3 nitrogen and oxygen atoms in total. The predicted octanol–water partition coefficient (Wildman–Crippen LogP) is 2.42. The number of benzene rings is 1. The van der Waals surface area contributed by atoms with E-state index in [-0.39, 0.29) is 5.41 Å². The van der Waals surface area contributed by atoms with E-state index in [0.29, 0.717) is 0 Å². The monoisotopic (exact) mass is 214 g/mol. The van der Waals surface area contributed by atoms with Crippen LogP contribution in [-0.4, -0.2) is 14.8 Å². The van der Waals surface area contributed by atoms with E-state index in [1.165, 1.54) is 11.1 Å². The van der Waals surface area contributed by atoms with Crippen LogP contribution in [0.4, 0.5) is 0 Å². The standard InChI is InChI=1S/C13H16N3/c1-13(2,3)12-6-4-11(5-7-12)8-16-10-14-9-15-16/h4-6,9-10H,8H2,1-3H3. The largest absolute Gasteiger partial charge is 0.249 e. The van der Waals surface area contributed by atoms with E-state index in [2.05, 4.69) is 49.1 Å². The second-order valence-corrected chi connectivity index (χ2v) is 4.95. The second-order valence-electron chi connectivity index (χ2n) is 4.95. The molecule has 0 aliphatic heterocycles. The number of hydrogen-bond acceptors (Lipinski definition) is 2. The lowest BCUT2D eigenvalue weighted by atomic mass is 9.87. The molecule has 0 atom stereocenters. The average Bonchev–Trinajstić information content (AvgIpc) is 2.70. The van der Waals surface area contributed by atoms with Gasteiger partial charge in [0, 0.05) is 0 Å². The van der Waals surface area contributed by atoms with Gasteiger partial charge in [0.25, 0.3) is 0 Å². The summed E-state index contributed by atoms with van der Waals surface area (Å²) in [6.07, 6.45) is 3.27. The molecule has 1 heterocycles. The van der Waals surface area contributed by atoms with Crippen LogP contribution < -0.4 is 0 Å². The molecule has 2 aromatic rings. The molecule has 83 valence electrons. The normalized spacial score (nSPS) is 11.7. The number of nitrogens with zero attached hydrogens (tertiary/aromatic N) is 3. The van der Waals surface area contributed by atoms with Crippen LogP contribution in [0.25, 0.3) is 0 Å². The van der Waals surface area contributed by atoms with E-state index in [4.69, 9.17) is 0 Å². The molecule has 16 heavy (non-hydrogen) atoms. The summed E-state index contributed by atoms with van der Waals surface area (Å²) >= 11 is 0. The first-order valence-corrected chi connectivity index (χ1v) is 5.39. The molecule has 0 aliphatic carbocycles. The Bertz CT molecular complexity index is 435. The van der Waals surface area contributed by atoms with Gasteiger partial charge in [0.05, 0.1) is 6.54 Å². The van der Waals surface area contributed by atoms with Crippen LogP contribution in [-0.2, 0) is 12.0 Å². The van der Waals surface area contributed by atoms with Gasteiger partial charge in [-0.1, -0.05) is 32.9 Å². The van der Waals surface area contributed by atoms with E-state index >= 15 is 0 Å². The summed E-state index contributed by atoms with van der Waals surface area (Å²) in [4.78, 5) is 3.92. The maximum Gasteiger partial charge on any atom is 0.137 e. The highest BCUT2D eigenvalue weighted by molar-refractivity contribution is 5.26. The van der Waals surface area contributed by atoms with Gasteiger partial charge in [-0.25, -0.2) is 9.67 Å². The summed E-state index contributed by atoms with van der Waals surface area (Å²) in [5.74, 6) is 0. The summed E-state index contributed by atoms with van der Waals surface area (Å²) in [7, 11) is 0. The van der Waals surface area contributed by atoms with Gasteiger partial charge < -0.3 is 0 Å². The minimum atomic E-state index is 0.159. The van der Waals surface area contributed by atoms with Gasteiger partial charge in [-0.05, 0) is 28.7 Å². The van der Waals surface area contributed by atoms with Crippen LogP contribution in [0.3, 0.4) is 0 Å². The van der Waals surface area contributed by atoms with Crippen molar-refractivity contribution >= 4 is 0 Å². The highest BCUT2D eigenvalue weighted by atomic mass is 15.3. The predicted molar refractivity (Wildman–Crippen MR) is 63.1 cm³/mol. The first-order chi connectivity index (χ1) is 7.55. The van der Waals surface area contributed by atoms with Gasteiger partial charge >= 0.3 is 0 Å². The van der Waals surface area contributed by atoms with Crippen molar-refractivity contribution in [3.8, 4) is 0 Å². The lowest BCUT2D eigenvalue weighted by molar-refractivity contribution is 0.588. The summed E-state index contributed by atoms with van der Waals surface area (Å²) < 4.78 is 1.81. The number of aromatic nitrogens is 3. The SMILES string of the molecule is CC(C)(C)c1[c]cc(Cn2cncn2)cc1. The van der Waals surface area contributed by atoms with E-state index in [9.17, 15) is 0 Å². The van der Waals surface area contributed by atoms with E-state index in [1.807, 2.05) is 6.07 Å². The van der Waals surface area contributed by atoms with Crippen LogP contribution in [0.5, 0.6) is 0 Å². The Labute approximate surface area is 96.1 Å². The average molecular weight is 214 g/mol. The molecular formula is C13H16N3. The highest BCUT2D eigenvalue weighted by Gasteiger charge is 2.13. The zero-order valence-corrected chi connectivity index (χ0v) is 9.94. The van der Waals surface area contributed by atoms with Gasteiger partial charge in [-0.15, -0.1) is 0 Å². The maximum atomic E-state index is 4.07. The van der Waals surface area contributed by atoms with Gasteiger partial charge in [0.2, 0.25) is 0 Å². The van der Waals surface area contributed by atoms with Gasteiger partial charge in [0.15, 0.2) is 0 Å². The Morgan fingerprint density at radius 2 is 2.12 bits per heavy atom. The van der Waals surface area contributed by atoms with Crippen molar-refractivity contribution in [1.82, 2.24) is 14.8 Å². The maximum absolute atomic E-state index is 4.07. The van der Waals surface area contributed by atoms with Crippen molar-refractivity contribution in [3.05, 3.63) is 48.0 Å². The van der Waals surface area contributed by atoms with Crippen LogP contribution in [0.1, 0.15) is 31.9 Å². The molecule has 0 spiro atoms. The van der Waals surface area contributed by atoms with Crippen molar-refractivity contribution in [2.45, 2.75) is 32.7 Å². The molecule has 0 unspecified atom stereocenters. The number of hydrogen-bond donors (Lipinski definition) is 0. The van der Waals surface area contributed by atoms with Crippen LogP contribution in [0, 0.1) is 6.07 Å². The smallest absolute Gasteiger partial charge is 0.137 e. The topological polar surface area (TPSA) is 30.7 Å². The minimum Gasteiger partial charge on any atom is -0.249 e. The van der Waals surface area contributed by atoms with E-state index < -0.39 is 0 Å². The molecule has 0 N–H and O–H groups in total. The molecule has 0 bridgehead atoms. The molecular weight excluding hydrogens is 198 g/mol. The molecule has 0 saturated heterocycles. The molecule has 2 rings (SSSR count). The molecule has 1 radical (unpaired) electrons. The summed E-state index contributed by atoms with van der Waals surface area (Å²) in [6, 6.07) is 9.61. The highest BCUT2D eigenvalue weighted by Crippen LogP contribution is 2.21. The molecule has 1 aromatic carbocycles. The van der Waals surface area contributed by atoms with E-state index in [0.717, 1.165) is 6.54 Å². The minimum absolute atomic E-state index is 0.159. The lowest BCUT2D eigenvalue weighted by Gasteiger charge is -2.18.